The molecule has 0 aromatic heterocycles. The third-order valence-corrected chi connectivity index (χ3v) is 3.94. The molecular formula is C14H24N2O3. The van der Waals surface area contributed by atoms with E-state index in [1.807, 2.05) is 6.92 Å². The number of nitrogens with one attached hydrogen (secondary N) is 1. The Morgan fingerprint density at radius 3 is 2.63 bits per heavy atom. The Balaban J connectivity index is 2.01. The molecule has 2 fully saturated rings. The lowest BCUT2D eigenvalue weighted by Crippen LogP contribution is -2.59. The van der Waals surface area contributed by atoms with Crippen molar-refractivity contribution in [1.29, 1.82) is 0 Å². The van der Waals surface area contributed by atoms with E-state index in [0.29, 0.717) is 6.61 Å². The number of ether oxygens (including phenoxy) is 1. The van der Waals surface area contributed by atoms with Crippen molar-refractivity contribution in [2.75, 3.05) is 19.7 Å². The fourth-order valence-electron chi connectivity index (χ4n) is 2.65. The summed E-state index contributed by atoms with van der Waals surface area (Å²) < 4.78 is 4.97. The number of hydrogen-bond acceptors (Lipinski definition) is 4. The Bertz CT molecular complexity index is 347. The summed E-state index contributed by atoms with van der Waals surface area (Å²) in [4.78, 5) is 26.1. The Labute approximate surface area is 114 Å². The van der Waals surface area contributed by atoms with Gasteiger partial charge in [-0.25, -0.2) is 0 Å². The minimum atomic E-state index is -0.507. The first-order valence-electron chi connectivity index (χ1n) is 7.28. The van der Waals surface area contributed by atoms with Crippen molar-refractivity contribution >= 4 is 11.9 Å². The highest BCUT2D eigenvalue weighted by Crippen LogP contribution is 2.31. The van der Waals surface area contributed by atoms with Gasteiger partial charge in [-0.3, -0.25) is 9.59 Å². The van der Waals surface area contributed by atoms with Gasteiger partial charge in [0.2, 0.25) is 5.91 Å². The molecule has 2 aliphatic rings. The minimum absolute atomic E-state index is 0.0581. The summed E-state index contributed by atoms with van der Waals surface area (Å²) in [6.45, 7) is 5.07. The molecule has 108 valence electrons. The molecule has 1 amide bonds. The summed E-state index contributed by atoms with van der Waals surface area (Å²) in [7, 11) is 0. The van der Waals surface area contributed by atoms with Crippen molar-refractivity contribution in [3.63, 3.8) is 0 Å². The quantitative estimate of drug-likeness (QED) is 0.758. The smallest absolute Gasteiger partial charge is 0.325 e. The lowest BCUT2D eigenvalue weighted by atomic mass is 9.89. The van der Waals surface area contributed by atoms with Crippen molar-refractivity contribution in [2.24, 2.45) is 0 Å². The van der Waals surface area contributed by atoms with Crippen molar-refractivity contribution < 1.29 is 14.3 Å². The fourth-order valence-corrected chi connectivity index (χ4v) is 2.65. The lowest BCUT2D eigenvalue weighted by Gasteiger charge is -2.37. The molecule has 0 aromatic rings. The molecule has 1 unspecified atom stereocenters. The summed E-state index contributed by atoms with van der Waals surface area (Å²) in [5.74, 6) is -0.245. The predicted octanol–water partition coefficient (Wildman–Crippen LogP) is 1.07. The number of esters is 1. The molecule has 1 aliphatic carbocycles. The molecule has 1 saturated heterocycles. The maximum Gasteiger partial charge on any atom is 0.325 e. The number of hydrogen-bond donors (Lipinski definition) is 1. The predicted molar refractivity (Wildman–Crippen MR) is 71.6 cm³/mol. The van der Waals surface area contributed by atoms with E-state index in [1.165, 1.54) is 0 Å². The second kappa shape index (κ2) is 5.90. The molecule has 0 bridgehead atoms. The van der Waals surface area contributed by atoms with Crippen LogP contribution in [0.25, 0.3) is 0 Å². The highest BCUT2D eigenvalue weighted by atomic mass is 16.5. The topological polar surface area (TPSA) is 58.6 Å². The van der Waals surface area contributed by atoms with Crippen molar-refractivity contribution in [3.05, 3.63) is 0 Å². The van der Waals surface area contributed by atoms with Crippen LogP contribution in [0, 0.1) is 0 Å². The molecule has 0 aromatic carbocycles. The van der Waals surface area contributed by atoms with Crippen molar-refractivity contribution in [3.8, 4) is 0 Å². The van der Waals surface area contributed by atoms with Crippen molar-refractivity contribution in [1.82, 2.24) is 10.2 Å². The van der Waals surface area contributed by atoms with Crippen LogP contribution >= 0.6 is 0 Å². The van der Waals surface area contributed by atoms with Gasteiger partial charge in [0.1, 0.15) is 6.54 Å². The van der Waals surface area contributed by atoms with E-state index >= 15 is 0 Å². The number of amides is 1. The average Bonchev–Trinajstić information content (AvgIpc) is 3.21. The van der Waals surface area contributed by atoms with Crippen LogP contribution in [0.5, 0.6) is 0 Å². The molecule has 1 atom stereocenters. The standard InChI is InChI=1S/C14H24N2O3/c1-3-19-12(17)10-16(11-6-7-11)13(18)14(2)8-4-5-9-15-14/h11,15H,3-10H2,1-2H3. The molecule has 0 spiro atoms. The third kappa shape index (κ3) is 3.47. The summed E-state index contributed by atoms with van der Waals surface area (Å²) >= 11 is 0. The van der Waals surface area contributed by atoms with Gasteiger partial charge >= 0.3 is 5.97 Å². The molecule has 5 nitrogen and oxygen atoms in total. The number of piperidine rings is 1. The second-order valence-corrected chi connectivity index (χ2v) is 5.69. The summed E-state index contributed by atoms with van der Waals surface area (Å²) in [6, 6.07) is 0.234. The molecule has 5 heteroatoms. The zero-order chi connectivity index (χ0) is 13.9. The molecule has 1 N–H and O–H groups in total. The summed E-state index contributed by atoms with van der Waals surface area (Å²) in [5, 5.41) is 3.32. The van der Waals surface area contributed by atoms with E-state index in [9.17, 15) is 9.59 Å². The Hall–Kier alpha value is -1.10. The Morgan fingerprint density at radius 2 is 2.11 bits per heavy atom. The highest BCUT2D eigenvalue weighted by molar-refractivity contribution is 5.89. The first-order chi connectivity index (χ1) is 9.07. The van der Waals surface area contributed by atoms with Crippen LogP contribution in [-0.4, -0.2) is 48.1 Å². The zero-order valence-electron chi connectivity index (χ0n) is 11.9. The van der Waals surface area contributed by atoms with Gasteiger partial charge in [-0.05, 0) is 52.5 Å². The van der Waals surface area contributed by atoms with E-state index in [-0.39, 0.29) is 24.5 Å². The Kier molecular flexibility index (Phi) is 4.45. The van der Waals surface area contributed by atoms with Crippen LogP contribution in [0.2, 0.25) is 0 Å². The molecule has 19 heavy (non-hydrogen) atoms. The van der Waals surface area contributed by atoms with E-state index < -0.39 is 5.54 Å². The Morgan fingerprint density at radius 1 is 1.37 bits per heavy atom. The van der Waals surface area contributed by atoms with Gasteiger partial charge in [0.05, 0.1) is 12.1 Å². The highest BCUT2D eigenvalue weighted by Gasteiger charge is 2.43. The third-order valence-electron chi connectivity index (χ3n) is 3.94. The minimum Gasteiger partial charge on any atom is -0.465 e. The average molecular weight is 268 g/mol. The van der Waals surface area contributed by atoms with Gasteiger partial charge in [0, 0.05) is 6.04 Å². The molecular weight excluding hydrogens is 244 g/mol. The van der Waals surface area contributed by atoms with Crippen LogP contribution < -0.4 is 5.32 Å². The fraction of sp³-hybridized carbons (Fsp3) is 0.857. The summed E-state index contributed by atoms with van der Waals surface area (Å²) in [5.41, 5.74) is -0.507. The number of carbonyl (C=O) groups excluding carboxylic acids is 2. The van der Waals surface area contributed by atoms with Crippen LogP contribution in [0.4, 0.5) is 0 Å². The van der Waals surface area contributed by atoms with E-state index in [1.54, 1.807) is 11.8 Å². The molecule has 1 heterocycles. The number of rotatable bonds is 5. The monoisotopic (exact) mass is 268 g/mol. The van der Waals surface area contributed by atoms with Crippen molar-refractivity contribution in [2.45, 2.75) is 57.5 Å². The largest absolute Gasteiger partial charge is 0.465 e. The van der Waals surface area contributed by atoms with E-state index in [4.69, 9.17) is 4.74 Å². The van der Waals surface area contributed by atoms with E-state index in [2.05, 4.69) is 5.32 Å². The van der Waals surface area contributed by atoms with Gasteiger partial charge in [-0.2, -0.15) is 0 Å². The second-order valence-electron chi connectivity index (χ2n) is 5.69. The van der Waals surface area contributed by atoms with E-state index in [0.717, 1.165) is 38.6 Å². The first-order valence-corrected chi connectivity index (χ1v) is 7.28. The number of nitrogens with zero attached hydrogens (tertiary/aromatic N) is 1. The first kappa shape index (κ1) is 14.3. The number of carbonyl (C=O) groups is 2. The SMILES string of the molecule is CCOC(=O)CN(C(=O)C1(C)CCCCN1)C1CC1. The lowest BCUT2D eigenvalue weighted by molar-refractivity contribution is -0.152. The van der Waals surface area contributed by atoms with Gasteiger partial charge in [0.25, 0.3) is 0 Å². The molecule has 0 radical (unpaired) electrons. The molecule has 2 rings (SSSR count). The van der Waals surface area contributed by atoms with Crippen LogP contribution in [0.3, 0.4) is 0 Å². The van der Waals surface area contributed by atoms with Crippen LogP contribution in [0.15, 0.2) is 0 Å². The van der Waals surface area contributed by atoms with Gasteiger partial charge in [-0.1, -0.05) is 0 Å². The maximum absolute atomic E-state index is 12.7. The van der Waals surface area contributed by atoms with Crippen LogP contribution in [0.1, 0.15) is 46.0 Å². The van der Waals surface area contributed by atoms with Gasteiger partial charge in [0.15, 0.2) is 0 Å². The maximum atomic E-state index is 12.7. The van der Waals surface area contributed by atoms with Gasteiger partial charge in [-0.15, -0.1) is 0 Å². The zero-order valence-corrected chi connectivity index (χ0v) is 11.9. The molecule has 1 aliphatic heterocycles. The summed E-state index contributed by atoms with van der Waals surface area (Å²) in [6.07, 6.45) is 5.03. The van der Waals surface area contributed by atoms with Gasteiger partial charge < -0.3 is 15.0 Å². The molecule has 1 saturated carbocycles. The van der Waals surface area contributed by atoms with Crippen LogP contribution in [-0.2, 0) is 14.3 Å². The normalized spacial score (nSPS) is 26.8.